The maximum absolute atomic E-state index is 14.1. The summed E-state index contributed by atoms with van der Waals surface area (Å²) in [6.45, 7) is 18.5. The van der Waals surface area contributed by atoms with Gasteiger partial charge in [-0.3, -0.25) is 4.79 Å². The molecule has 156 valence electrons. The van der Waals surface area contributed by atoms with Crippen LogP contribution in [0.15, 0.2) is 18.2 Å². The molecule has 0 radical (unpaired) electrons. The second-order valence-corrected chi connectivity index (χ2v) is 18.0. The molecule has 5 heteroatoms. The van der Waals surface area contributed by atoms with E-state index in [0.717, 1.165) is 6.42 Å². The molecule has 0 aromatic heterocycles. The molecule has 2 aliphatic rings. The van der Waals surface area contributed by atoms with Gasteiger partial charge < -0.3 is 4.57 Å². The molecule has 28 heavy (non-hydrogen) atoms. The summed E-state index contributed by atoms with van der Waals surface area (Å²) < 4.78 is 2.26. The Morgan fingerprint density at radius 2 is 1.68 bits per heavy atom. The van der Waals surface area contributed by atoms with Crippen LogP contribution in [-0.2, 0) is 10.2 Å². The zero-order valence-electron chi connectivity index (χ0n) is 19.3. The Morgan fingerprint density at radius 3 is 2.14 bits per heavy atom. The fourth-order valence-corrected chi connectivity index (χ4v) is 10.6. The number of benzene rings is 1. The Hall–Kier alpha value is -0.393. The number of anilines is 1. The minimum Gasteiger partial charge on any atom is -0.340 e. The van der Waals surface area contributed by atoms with Gasteiger partial charge >= 0.3 is 0 Å². The number of amides is 1. The first-order valence-corrected chi connectivity index (χ1v) is 16.2. The van der Waals surface area contributed by atoms with Gasteiger partial charge in [0, 0.05) is 11.1 Å². The second kappa shape index (κ2) is 6.81. The van der Waals surface area contributed by atoms with E-state index in [4.69, 9.17) is 0 Å². The van der Waals surface area contributed by atoms with Crippen LogP contribution < -0.4 is 4.57 Å². The van der Waals surface area contributed by atoms with E-state index < -0.39 is 8.24 Å². The van der Waals surface area contributed by atoms with Gasteiger partial charge in [0.25, 0.3) is 0 Å². The van der Waals surface area contributed by atoms with Crippen molar-refractivity contribution in [1.29, 1.82) is 0 Å². The lowest BCUT2D eigenvalue weighted by Crippen LogP contribution is -2.52. The van der Waals surface area contributed by atoms with Gasteiger partial charge in [0.05, 0.1) is 10.00 Å². The fraction of sp³-hybridized carbons (Fsp3) is 0.696. The summed E-state index contributed by atoms with van der Waals surface area (Å²) in [6, 6.07) is 6.66. The van der Waals surface area contributed by atoms with E-state index in [1.807, 2.05) is 23.5 Å². The maximum Gasteiger partial charge on any atom is 0.225 e. The van der Waals surface area contributed by atoms with Crippen LogP contribution in [0.4, 0.5) is 5.69 Å². The molecule has 2 nitrogen and oxygen atoms in total. The molecule has 0 heterocycles. The maximum atomic E-state index is 14.1. The van der Waals surface area contributed by atoms with Gasteiger partial charge in [-0.1, -0.05) is 66.4 Å². The number of fused-ring (bicyclic) bond motifs is 1. The van der Waals surface area contributed by atoms with E-state index in [0.29, 0.717) is 11.8 Å². The summed E-state index contributed by atoms with van der Waals surface area (Å²) in [4.78, 5) is 14.1. The minimum atomic E-state index is -1.92. The van der Waals surface area contributed by atoms with E-state index in [1.165, 1.54) is 16.8 Å². The van der Waals surface area contributed by atoms with Crippen molar-refractivity contribution in [1.82, 2.24) is 0 Å². The Balaban J connectivity index is 2.13. The number of hydrogen-bond donors (Lipinski definition) is 0. The van der Waals surface area contributed by atoms with Crippen LogP contribution in [-0.4, -0.2) is 30.7 Å². The Labute approximate surface area is 181 Å². The van der Waals surface area contributed by atoms with Crippen molar-refractivity contribution in [2.45, 2.75) is 76.1 Å². The van der Waals surface area contributed by atoms with Crippen molar-refractivity contribution in [3.05, 3.63) is 29.3 Å². The first kappa shape index (κ1) is 22.3. The van der Waals surface area contributed by atoms with Crippen LogP contribution >= 0.6 is 23.5 Å². The zero-order chi connectivity index (χ0) is 21.3. The number of nitrogens with zero attached hydrogens (tertiary/aromatic N) is 1. The topological polar surface area (TPSA) is 20.3 Å². The summed E-state index contributed by atoms with van der Waals surface area (Å²) in [5.41, 5.74) is 4.24. The SMILES string of the molecule is CSC1(SC)C(C(=O)N(c2cccc3c2C(C)CC3(C)C)[Si](C)(C)C)C1(C)C. The molecule has 0 spiro atoms. The number of rotatable bonds is 5. The molecule has 0 bridgehead atoms. The van der Waals surface area contributed by atoms with Gasteiger partial charge in [-0.15, -0.1) is 23.5 Å². The van der Waals surface area contributed by atoms with E-state index >= 15 is 0 Å². The van der Waals surface area contributed by atoms with E-state index in [-0.39, 0.29) is 20.8 Å². The quantitative estimate of drug-likeness (QED) is 0.378. The first-order valence-electron chi connectivity index (χ1n) is 10.3. The summed E-state index contributed by atoms with van der Waals surface area (Å²) >= 11 is 3.72. The molecule has 1 fully saturated rings. The second-order valence-electron chi connectivity index (χ2n) is 10.8. The fourth-order valence-electron chi connectivity index (χ4n) is 5.77. The van der Waals surface area contributed by atoms with Gasteiger partial charge in [0.2, 0.25) is 5.91 Å². The van der Waals surface area contributed by atoms with Crippen LogP contribution in [0.2, 0.25) is 19.6 Å². The van der Waals surface area contributed by atoms with Crippen LogP contribution in [0.5, 0.6) is 0 Å². The molecule has 2 atom stereocenters. The molecule has 0 N–H and O–H groups in total. The predicted octanol–water partition coefficient (Wildman–Crippen LogP) is 6.72. The summed E-state index contributed by atoms with van der Waals surface area (Å²) in [6.07, 6.45) is 5.48. The number of hydrogen-bond acceptors (Lipinski definition) is 3. The number of carbonyl (C=O) groups excluding carboxylic acids is 1. The molecule has 0 aliphatic heterocycles. The average Bonchev–Trinajstić information content (AvgIpc) is 2.97. The largest absolute Gasteiger partial charge is 0.340 e. The third-order valence-corrected chi connectivity index (χ3v) is 12.6. The Kier molecular flexibility index (Phi) is 5.42. The molecule has 2 aliphatic carbocycles. The number of carbonyl (C=O) groups is 1. The smallest absolute Gasteiger partial charge is 0.225 e. The highest BCUT2D eigenvalue weighted by Gasteiger charge is 2.75. The first-order chi connectivity index (χ1) is 12.8. The molecule has 1 amide bonds. The standard InChI is InChI=1S/C23H37NOS2Si/c1-15-14-21(2,3)16-12-11-13-17(18(15)16)24(28(8,9)10)20(25)19-22(4,5)23(19,26-6)27-7/h11-13,15,19H,14H2,1-10H3. The summed E-state index contributed by atoms with van der Waals surface area (Å²) in [5.74, 6) is 0.904. The third-order valence-electron chi connectivity index (χ3n) is 7.02. The van der Waals surface area contributed by atoms with Crippen molar-refractivity contribution < 1.29 is 4.79 Å². The lowest BCUT2D eigenvalue weighted by Gasteiger charge is -2.37. The van der Waals surface area contributed by atoms with Crippen LogP contribution in [0.25, 0.3) is 0 Å². The van der Waals surface area contributed by atoms with E-state index in [1.54, 1.807) is 0 Å². The van der Waals surface area contributed by atoms with Crippen molar-refractivity contribution in [3.63, 3.8) is 0 Å². The van der Waals surface area contributed by atoms with Gasteiger partial charge in [0.1, 0.15) is 0 Å². The molecular weight excluding hydrogens is 398 g/mol. The molecule has 2 unspecified atom stereocenters. The molecule has 1 aromatic carbocycles. The van der Waals surface area contributed by atoms with Gasteiger partial charge in [-0.2, -0.15) is 0 Å². The van der Waals surface area contributed by atoms with E-state index in [2.05, 4.69) is 89.5 Å². The molecule has 1 aromatic rings. The van der Waals surface area contributed by atoms with Crippen molar-refractivity contribution >= 4 is 43.4 Å². The highest BCUT2D eigenvalue weighted by atomic mass is 32.2. The lowest BCUT2D eigenvalue weighted by molar-refractivity contribution is -0.119. The van der Waals surface area contributed by atoms with Gasteiger partial charge in [0.15, 0.2) is 8.24 Å². The Morgan fingerprint density at radius 1 is 1.11 bits per heavy atom. The van der Waals surface area contributed by atoms with Gasteiger partial charge in [-0.05, 0) is 47.5 Å². The molecule has 3 rings (SSSR count). The van der Waals surface area contributed by atoms with Crippen LogP contribution in [0, 0.1) is 11.3 Å². The number of thioether (sulfide) groups is 2. The monoisotopic (exact) mass is 435 g/mol. The molecule has 0 saturated heterocycles. The normalized spacial score (nSPS) is 26.6. The highest BCUT2D eigenvalue weighted by Crippen LogP contribution is 2.74. The zero-order valence-corrected chi connectivity index (χ0v) is 21.9. The Bertz CT molecular complexity index is 792. The highest BCUT2D eigenvalue weighted by molar-refractivity contribution is 8.18. The molecular formula is C23H37NOS2Si. The predicted molar refractivity (Wildman–Crippen MR) is 130 cm³/mol. The summed E-state index contributed by atoms with van der Waals surface area (Å²) in [7, 11) is -1.92. The average molecular weight is 436 g/mol. The van der Waals surface area contributed by atoms with Crippen molar-refractivity contribution in [2.24, 2.45) is 11.3 Å². The summed E-state index contributed by atoms with van der Waals surface area (Å²) in [5, 5.41) is 0. The van der Waals surface area contributed by atoms with E-state index in [9.17, 15) is 4.79 Å². The van der Waals surface area contributed by atoms with Crippen molar-refractivity contribution in [3.8, 4) is 0 Å². The lowest BCUT2D eigenvalue weighted by atomic mass is 9.86. The minimum absolute atomic E-state index is 0.00910. The van der Waals surface area contributed by atoms with Gasteiger partial charge in [-0.25, -0.2) is 0 Å². The molecule has 1 saturated carbocycles. The van der Waals surface area contributed by atoms with Crippen LogP contribution in [0.1, 0.15) is 58.1 Å². The van der Waals surface area contributed by atoms with Crippen molar-refractivity contribution in [2.75, 3.05) is 17.1 Å². The third kappa shape index (κ3) is 3.02. The van der Waals surface area contributed by atoms with Crippen LogP contribution in [0.3, 0.4) is 0 Å².